The second-order valence-corrected chi connectivity index (χ2v) is 7.08. The predicted octanol–water partition coefficient (Wildman–Crippen LogP) is 4.08. The maximum atomic E-state index is 10.5. The molecule has 0 aliphatic heterocycles. The number of unbranched alkanes of at least 4 members (excludes halogenated alkanes) is 1. The lowest BCUT2D eigenvalue weighted by atomic mass is 9.88. The van der Waals surface area contributed by atoms with Crippen molar-refractivity contribution < 1.29 is 17.2 Å². The van der Waals surface area contributed by atoms with Crippen LogP contribution in [0.2, 0.25) is 0 Å². The summed E-state index contributed by atoms with van der Waals surface area (Å²) in [5.41, 5.74) is 2.63. The highest BCUT2D eigenvalue weighted by Gasteiger charge is 2.11. The van der Waals surface area contributed by atoms with Gasteiger partial charge in [-0.1, -0.05) is 67.1 Å². The van der Waals surface area contributed by atoms with Crippen LogP contribution >= 0.6 is 0 Å². The van der Waals surface area contributed by atoms with E-state index in [4.69, 9.17) is 4.55 Å². The molecule has 1 N–H and O–H groups in total. The molecule has 0 heterocycles. The number of rotatable bonds is 10. The molecule has 130 valence electrons. The summed E-state index contributed by atoms with van der Waals surface area (Å²) >= 11 is 0. The minimum absolute atomic E-state index is 0.0300. The Morgan fingerprint density at radius 2 is 1.33 bits per heavy atom. The normalized spacial score (nSPS) is 11.8. The van der Waals surface area contributed by atoms with Crippen LogP contribution in [-0.4, -0.2) is 19.6 Å². The minimum Gasteiger partial charge on any atom is -0.264 e. The Balaban J connectivity index is 1.87. The highest BCUT2D eigenvalue weighted by molar-refractivity contribution is 7.80. The highest BCUT2D eigenvalue weighted by atomic mass is 32.3. The lowest BCUT2D eigenvalue weighted by molar-refractivity contribution is 0.258. The van der Waals surface area contributed by atoms with E-state index < -0.39 is 10.4 Å². The first-order chi connectivity index (χ1) is 11.5. The summed E-state index contributed by atoms with van der Waals surface area (Å²) in [5, 5.41) is 0. The van der Waals surface area contributed by atoms with Gasteiger partial charge in [-0.15, -0.1) is 0 Å². The average Bonchev–Trinajstić information content (AvgIpc) is 2.55. The van der Waals surface area contributed by atoms with Gasteiger partial charge in [0.05, 0.1) is 6.61 Å². The molecule has 0 bridgehead atoms. The summed E-state index contributed by atoms with van der Waals surface area (Å²) in [6.07, 6.45) is 4.45. The van der Waals surface area contributed by atoms with E-state index in [-0.39, 0.29) is 6.61 Å². The molecule has 0 fully saturated rings. The number of hydrogen-bond donors (Lipinski definition) is 1. The van der Waals surface area contributed by atoms with Gasteiger partial charge in [0.2, 0.25) is 0 Å². The van der Waals surface area contributed by atoms with E-state index >= 15 is 0 Å². The Kier molecular flexibility index (Phi) is 7.43. The first kappa shape index (κ1) is 18.6. The molecular weight excluding hydrogens is 324 g/mol. The zero-order chi connectivity index (χ0) is 17.3. The summed E-state index contributed by atoms with van der Waals surface area (Å²) in [6.45, 7) is 0.0300. The van der Waals surface area contributed by atoms with Crippen LogP contribution in [-0.2, 0) is 27.4 Å². The van der Waals surface area contributed by atoms with E-state index in [1.54, 1.807) is 0 Å². The second-order valence-electron chi connectivity index (χ2n) is 5.99. The molecule has 2 aromatic carbocycles. The molecule has 0 unspecified atom stereocenters. The van der Waals surface area contributed by atoms with Gasteiger partial charge in [0.1, 0.15) is 0 Å². The van der Waals surface area contributed by atoms with Gasteiger partial charge in [-0.3, -0.25) is 4.55 Å². The van der Waals surface area contributed by atoms with Crippen LogP contribution in [0.25, 0.3) is 0 Å². The standard InChI is InChI=1S/C19H24O4S/c20-24(21,22)23-14-8-7-13-19(15-17-9-3-1-4-10-17)16-18-11-5-2-6-12-18/h1-6,9-12,19H,7-8,13-16H2,(H,20,21,22). The Morgan fingerprint density at radius 3 is 1.79 bits per heavy atom. The molecule has 5 heteroatoms. The van der Waals surface area contributed by atoms with E-state index in [9.17, 15) is 8.42 Å². The summed E-state index contributed by atoms with van der Waals surface area (Å²) in [5.74, 6) is 0.487. The third-order valence-electron chi connectivity index (χ3n) is 3.97. The van der Waals surface area contributed by atoms with Crippen LogP contribution in [0.4, 0.5) is 0 Å². The molecule has 0 saturated heterocycles. The molecule has 0 amide bonds. The van der Waals surface area contributed by atoms with Crippen LogP contribution in [0.15, 0.2) is 60.7 Å². The minimum atomic E-state index is -4.32. The molecule has 0 radical (unpaired) electrons. The Hall–Kier alpha value is -1.69. The fraction of sp³-hybridized carbons (Fsp3) is 0.368. The number of hydrogen-bond acceptors (Lipinski definition) is 3. The van der Waals surface area contributed by atoms with Crippen LogP contribution in [0.1, 0.15) is 30.4 Å². The summed E-state index contributed by atoms with van der Waals surface area (Å²) in [4.78, 5) is 0. The van der Waals surface area contributed by atoms with E-state index in [1.807, 2.05) is 12.1 Å². The average molecular weight is 348 g/mol. The molecule has 2 rings (SSSR count). The molecule has 2 aromatic rings. The van der Waals surface area contributed by atoms with E-state index in [0.717, 1.165) is 25.7 Å². The van der Waals surface area contributed by atoms with Crippen molar-refractivity contribution in [2.45, 2.75) is 32.1 Å². The maximum Gasteiger partial charge on any atom is 0.397 e. The van der Waals surface area contributed by atoms with Crippen LogP contribution in [0.3, 0.4) is 0 Å². The van der Waals surface area contributed by atoms with Crippen LogP contribution in [0, 0.1) is 5.92 Å². The lowest BCUT2D eigenvalue weighted by Crippen LogP contribution is -2.10. The fourth-order valence-electron chi connectivity index (χ4n) is 2.87. The largest absolute Gasteiger partial charge is 0.397 e. The van der Waals surface area contributed by atoms with Gasteiger partial charge in [0, 0.05) is 0 Å². The Labute approximate surface area is 144 Å². The maximum absolute atomic E-state index is 10.5. The lowest BCUT2D eigenvalue weighted by Gasteiger charge is -2.17. The van der Waals surface area contributed by atoms with E-state index in [2.05, 4.69) is 52.7 Å². The molecule has 0 aliphatic rings. The smallest absolute Gasteiger partial charge is 0.264 e. The van der Waals surface area contributed by atoms with Crippen LogP contribution in [0.5, 0.6) is 0 Å². The third kappa shape index (κ3) is 7.73. The molecular formula is C19H24O4S. The molecule has 0 spiro atoms. The zero-order valence-corrected chi connectivity index (χ0v) is 14.5. The van der Waals surface area contributed by atoms with Gasteiger partial charge in [0.15, 0.2) is 0 Å². The first-order valence-electron chi connectivity index (χ1n) is 8.22. The van der Waals surface area contributed by atoms with Crippen molar-refractivity contribution in [2.75, 3.05) is 6.61 Å². The topological polar surface area (TPSA) is 63.6 Å². The quantitative estimate of drug-likeness (QED) is 0.519. The van der Waals surface area contributed by atoms with Gasteiger partial charge in [-0.25, -0.2) is 4.18 Å². The first-order valence-corrected chi connectivity index (χ1v) is 9.59. The summed E-state index contributed by atoms with van der Waals surface area (Å²) in [7, 11) is -4.32. The molecule has 0 atom stereocenters. The van der Waals surface area contributed by atoms with E-state index in [1.165, 1.54) is 11.1 Å². The van der Waals surface area contributed by atoms with Gasteiger partial charge < -0.3 is 0 Å². The van der Waals surface area contributed by atoms with Crippen molar-refractivity contribution in [2.24, 2.45) is 5.92 Å². The molecule has 4 nitrogen and oxygen atoms in total. The van der Waals surface area contributed by atoms with Crippen molar-refractivity contribution in [3.05, 3.63) is 71.8 Å². The fourth-order valence-corrected chi connectivity index (χ4v) is 3.20. The van der Waals surface area contributed by atoms with Gasteiger partial charge >= 0.3 is 10.4 Å². The predicted molar refractivity (Wildman–Crippen MR) is 95.1 cm³/mol. The Bertz CT molecular complexity index is 642. The van der Waals surface area contributed by atoms with Crippen molar-refractivity contribution in [1.82, 2.24) is 0 Å². The second kappa shape index (κ2) is 9.57. The third-order valence-corrected chi connectivity index (χ3v) is 4.44. The molecule has 0 saturated carbocycles. The van der Waals surface area contributed by atoms with Crippen molar-refractivity contribution in [3.63, 3.8) is 0 Å². The highest BCUT2D eigenvalue weighted by Crippen LogP contribution is 2.20. The van der Waals surface area contributed by atoms with Crippen LogP contribution < -0.4 is 0 Å². The van der Waals surface area contributed by atoms with Crippen molar-refractivity contribution in [3.8, 4) is 0 Å². The molecule has 0 aromatic heterocycles. The van der Waals surface area contributed by atoms with Gasteiger partial charge in [-0.05, 0) is 42.7 Å². The SMILES string of the molecule is O=S(=O)(O)OCCCCC(Cc1ccccc1)Cc1ccccc1. The summed E-state index contributed by atoms with van der Waals surface area (Å²) < 4.78 is 34.0. The summed E-state index contributed by atoms with van der Waals surface area (Å²) in [6, 6.07) is 20.8. The monoisotopic (exact) mass is 348 g/mol. The van der Waals surface area contributed by atoms with E-state index in [0.29, 0.717) is 12.3 Å². The number of benzene rings is 2. The van der Waals surface area contributed by atoms with Gasteiger partial charge in [-0.2, -0.15) is 8.42 Å². The van der Waals surface area contributed by atoms with Crippen molar-refractivity contribution >= 4 is 10.4 Å². The Morgan fingerprint density at radius 1 is 0.833 bits per heavy atom. The molecule has 0 aliphatic carbocycles. The van der Waals surface area contributed by atoms with Crippen molar-refractivity contribution in [1.29, 1.82) is 0 Å². The zero-order valence-electron chi connectivity index (χ0n) is 13.7. The molecule has 24 heavy (non-hydrogen) atoms. The van der Waals surface area contributed by atoms with Gasteiger partial charge in [0.25, 0.3) is 0 Å².